The first-order chi connectivity index (χ1) is 34.6. The van der Waals surface area contributed by atoms with E-state index >= 15 is 0 Å². The van der Waals surface area contributed by atoms with Gasteiger partial charge in [0, 0.05) is 119 Å². The second-order valence-corrected chi connectivity index (χ2v) is 17.4. The molecule has 0 aliphatic carbocycles. The Morgan fingerprint density at radius 2 is 0.533 bits per heavy atom. The zero-order valence-electron chi connectivity index (χ0n) is 44.5. The molecule has 23 nitrogen and oxygen atoms in total. The van der Waals surface area contributed by atoms with E-state index in [2.05, 4.69) is 26.6 Å². The third-order valence-corrected chi connectivity index (χ3v) is 10.8. The highest BCUT2D eigenvalue weighted by molar-refractivity contribution is 5.78. The molecule has 0 saturated carbocycles. The SMILES string of the molecule is C.C.C.CCC(=O)CCOCC(COCCC(N)=O)(COCCC(N)=O)COCCC(=O)NC.CNC(=O)CCCCOCC(COCCCCC(=O)NC)(COCCCCC(=O)NC)COCCCCC(=O)NC. The van der Waals surface area contributed by atoms with Crippen molar-refractivity contribution < 1.29 is 76.3 Å². The summed E-state index contributed by atoms with van der Waals surface area (Å²) in [5.74, 6) is -0.993. The van der Waals surface area contributed by atoms with Gasteiger partial charge in [-0.05, 0) is 51.4 Å². The summed E-state index contributed by atoms with van der Waals surface area (Å²) in [6.45, 7) is 6.42. The van der Waals surface area contributed by atoms with Gasteiger partial charge >= 0.3 is 0 Å². The summed E-state index contributed by atoms with van der Waals surface area (Å²) in [4.78, 5) is 90.7. The molecule has 9 N–H and O–H groups in total. The highest BCUT2D eigenvalue weighted by Gasteiger charge is 2.34. The Kier molecular flexibility index (Phi) is 57.7. The van der Waals surface area contributed by atoms with Crippen molar-refractivity contribution in [2.45, 2.75) is 138 Å². The molecule has 0 aromatic rings. The third kappa shape index (κ3) is 50.2. The number of ketones is 1. The maximum atomic E-state index is 11.5. The number of nitrogens with one attached hydrogen (secondary N) is 5. The first-order valence-corrected chi connectivity index (χ1v) is 25.3. The Hall–Kier alpha value is -4.36. The van der Waals surface area contributed by atoms with Gasteiger partial charge in [-0.15, -0.1) is 0 Å². The molecular weight excluding hydrogens is 979 g/mol. The molecule has 0 heterocycles. The predicted octanol–water partition coefficient (Wildman–Crippen LogP) is 2.91. The molecule has 0 atom stereocenters. The molecule has 0 bridgehead atoms. The second kappa shape index (κ2) is 54.4. The van der Waals surface area contributed by atoms with Crippen molar-refractivity contribution in [1.82, 2.24) is 26.6 Å². The zero-order valence-corrected chi connectivity index (χ0v) is 44.5. The van der Waals surface area contributed by atoms with Crippen LogP contribution in [-0.4, -0.2) is 188 Å². The van der Waals surface area contributed by atoms with E-state index in [4.69, 9.17) is 49.4 Å². The fraction of sp³-hybridized carbons (Fsp3) is 0.846. The molecule has 0 saturated heterocycles. The summed E-state index contributed by atoms with van der Waals surface area (Å²) in [6.07, 6.45) is 8.82. The van der Waals surface area contributed by atoms with E-state index in [1.165, 1.54) is 7.05 Å². The molecule has 0 rings (SSSR count). The van der Waals surface area contributed by atoms with Crippen molar-refractivity contribution in [1.29, 1.82) is 0 Å². The number of Topliss-reactive ketones (excluding diaryl/α,β-unsaturated/α-hetero) is 1. The lowest BCUT2D eigenvalue weighted by atomic mass is 9.92. The molecule has 0 aliphatic rings. The minimum atomic E-state index is -0.784. The van der Waals surface area contributed by atoms with Crippen LogP contribution < -0.4 is 38.1 Å². The minimum absolute atomic E-state index is 0. The first kappa shape index (κ1) is 79.5. The monoisotopic (exact) mass is 1080 g/mol. The number of rotatable bonds is 49. The first-order valence-electron chi connectivity index (χ1n) is 25.3. The highest BCUT2D eigenvalue weighted by atomic mass is 16.5. The Balaban J connectivity index is -0.000000434. The Morgan fingerprint density at radius 1 is 0.320 bits per heavy atom. The summed E-state index contributed by atoms with van der Waals surface area (Å²) < 4.78 is 46.8. The lowest BCUT2D eigenvalue weighted by Gasteiger charge is -2.33. The lowest BCUT2D eigenvalue weighted by molar-refractivity contribution is -0.128. The molecule has 0 fully saturated rings. The van der Waals surface area contributed by atoms with Crippen LogP contribution in [0.25, 0.3) is 0 Å². The Labute approximate surface area is 450 Å². The van der Waals surface area contributed by atoms with Gasteiger partial charge in [0.15, 0.2) is 0 Å². The molecule has 0 aliphatic heterocycles. The van der Waals surface area contributed by atoms with E-state index in [1.54, 1.807) is 35.1 Å². The van der Waals surface area contributed by atoms with E-state index in [0.717, 1.165) is 51.4 Å². The van der Waals surface area contributed by atoms with Crippen LogP contribution in [0.2, 0.25) is 0 Å². The molecule has 75 heavy (non-hydrogen) atoms. The lowest BCUT2D eigenvalue weighted by Crippen LogP contribution is -2.42. The van der Waals surface area contributed by atoms with Gasteiger partial charge < -0.3 is 75.9 Å². The summed E-state index contributed by atoms with van der Waals surface area (Å²) in [5.41, 5.74) is 8.95. The fourth-order valence-electron chi connectivity index (χ4n) is 6.27. The summed E-state index contributed by atoms with van der Waals surface area (Å²) >= 11 is 0. The van der Waals surface area contributed by atoms with Gasteiger partial charge in [0.25, 0.3) is 0 Å². The molecule has 0 radical (unpaired) electrons. The van der Waals surface area contributed by atoms with E-state index in [-0.39, 0.29) is 136 Å². The van der Waals surface area contributed by atoms with Crippen LogP contribution in [-0.2, 0) is 76.3 Å². The standard InChI is InChI=1S/C29H56N4O8.C20H37N3O8.3CH4/c1-30-25(34)13-5-9-17-38-21-29(22-39-18-10-6-14-26(35)31-2,23-40-19-11-7-15-27(36)32-3)24-41-20-12-8-16-28(37)33-4;1-3-16(24)4-8-28-12-20(13-29-9-5-17(21)25,14-30-10-6-18(22)26)15-31-11-7-19(27)23-2;;;/h5-24H2,1-4H3,(H,30,34)(H,31,35)(H,32,36)(H,33,37);3-15H2,1-2H3,(H2,21,25)(H2,22,26)(H,23,27);3*1H4. The largest absolute Gasteiger partial charge is 0.381 e. The van der Waals surface area contributed by atoms with Gasteiger partial charge in [-0.1, -0.05) is 29.2 Å². The van der Waals surface area contributed by atoms with Crippen molar-refractivity contribution in [2.24, 2.45) is 22.3 Å². The Morgan fingerprint density at radius 3 is 0.760 bits per heavy atom. The number of amides is 7. The highest BCUT2D eigenvalue weighted by Crippen LogP contribution is 2.23. The van der Waals surface area contributed by atoms with E-state index in [0.29, 0.717) is 85.0 Å². The van der Waals surface area contributed by atoms with Crippen LogP contribution in [0.5, 0.6) is 0 Å². The van der Waals surface area contributed by atoms with Crippen molar-refractivity contribution in [2.75, 3.05) is 141 Å². The number of carbonyl (C=O) groups is 8. The molecule has 0 spiro atoms. The van der Waals surface area contributed by atoms with Crippen LogP contribution in [0.1, 0.15) is 138 Å². The number of carbonyl (C=O) groups excluding carboxylic acids is 8. The maximum Gasteiger partial charge on any atom is 0.222 e. The van der Waals surface area contributed by atoms with E-state index in [9.17, 15) is 38.4 Å². The van der Waals surface area contributed by atoms with Crippen LogP contribution in [0, 0.1) is 10.8 Å². The van der Waals surface area contributed by atoms with Crippen LogP contribution in [0.3, 0.4) is 0 Å². The number of primary amides is 2. The second-order valence-electron chi connectivity index (χ2n) is 17.4. The van der Waals surface area contributed by atoms with Gasteiger partial charge in [0.05, 0.1) is 90.1 Å². The van der Waals surface area contributed by atoms with Crippen LogP contribution >= 0.6 is 0 Å². The van der Waals surface area contributed by atoms with Crippen molar-refractivity contribution in [3.05, 3.63) is 0 Å². The summed E-state index contributed by atoms with van der Waals surface area (Å²) in [7, 11) is 8.05. The van der Waals surface area contributed by atoms with Crippen LogP contribution in [0.4, 0.5) is 0 Å². The normalized spacial score (nSPS) is 10.8. The van der Waals surface area contributed by atoms with Gasteiger partial charge in [0.2, 0.25) is 41.4 Å². The molecule has 7 amide bonds. The van der Waals surface area contributed by atoms with Crippen molar-refractivity contribution in [3.8, 4) is 0 Å². The Bertz CT molecular complexity index is 1310. The zero-order chi connectivity index (χ0) is 54.1. The number of hydrogen-bond acceptors (Lipinski definition) is 16. The smallest absolute Gasteiger partial charge is 0.222 e. The number of hydrogen-bond donors (Lipinski definition) is 7. The predicted molar refractivity (Wildman–Crippen MR) is 290 cm³/mol. The minimum Gasteiger partial charge on any atom is -0.381 e. The van der Waals surface area contributed by atoms with Crippen molar-refractivity contribution in [3.63, 3.8) is 0 Å². The molecule has 444 valence electrons. The maximum absolute atomic E-state index is 11.5. The quantitative estimate of drug-likeness (QED) is 0.0431. The van der Waals surface area contributed by atoms with Gasteiger partial charge in [0.1, 0.15) is 5.78 Å². The van der Waals surface area contributed by atoms with E-state index in [1.807, 2.05) is 0 Å². The average molecular weight is 1080 g/mol. The number of ether oxygens (including phenoxy) is 8. The summed E-state index contributed by atoms with van der Waals surface area (Å²) in [6, 6.07) is 0. The molecule has 0 unspecified atom stereocenters. The third-order valence-electron chi connectivity index (χ3n) is 10.8. The molecule has 0 aromatic heterocycles. The molecule has 23 heteroatoms. The van der Waals surface area contributed by atoms with Crippen molar-refractivity contribution >= 4 is 47.1 Å². The summed E-state index contributed by atoms with van der Waals surface area (Å²) in [5, 5.41) is 13.0. The van der Waals surface area contributed by atoms with Gasteiger partial charge in [-0.25, -0.2) is 0 Å². The van der Waals surface area contributed by atoms with Gasteiger partial charge in [-0.2, -0.15) is 0 Å². The molecular formula is C52H105N7O16. The van der Waals surface area contributed by atoms with E-state index < -0.39 is 22.6 Å². The number of nitrogens with two attached hydrogens (primary N) is 2. The van der Waals surface area contributed by atoms with Crippen LogP contribution in [0.15, 0.2) is 0 Å². The average Bonchev–Trinajstić information content (AvgIpc) is 3.37. The number of unbranched alkanes of at least 4 members (excludes halogenated alkanes) is 4. The van der Waals surface area contributed by atoms with Gasteiger partial charge in [-0.3, -0.25) is 38.4 Å². The molecule has 0 aromatic carbocycles. The fourth-order valence-corrected chi connectivity index (χ4v) is 6.27. The topological polar surface area (TPSA) is 323 Å².